The zero-order chi connectivity index (χ0) is 18.8. The van der Waals surface area contributed by atoms with Crippen LogP contribution >= 0.6 is 22.7 Å². The van der Waals surface area contributed by atoms with Gasteiger partial charge in [-0.2, -0.15) is 0 Å². The molecule has 27 heavy (non-hydrogen) atoms. The smallest absolute Gasteiger partial charge is 0.267 e. The quantitative estimate of drug-likeness (QED) is 0.727. The molecule has 0 saturated carbocycles. The zero-order valence-corrected chi connectivity index (χ0v) is 16.2. The normalized spacial score (nSPS) is 13.1. The maximum absolute atomic E-state index is 12.8. The molecule has 0 unspecified atom stereocenters. The van der Waals surface area contributed by atoms with Gasteiger partial charge < -0.3 is 9.64 Å². The first-order chi connectivity index (χ1) is 13.1. The Bertz CT molecular complexity index is 982. The highest BCUT2D eigenvalue weighted by atomic mass is 32.1. The number of fused-ring (bicyclic) bond motifs is 1. The number of aromatic nitrogens is 1. The maximum atomic E-state index is 12.8. The average Bonchev–Trinajstić information content (AvgIpc) is 3.36. The van der Waals surface area contributed by atoms with Gasteiger partial charge in [-0.15, -0.1) is 11.3 Å². The molecule has 0 radical (unpaired) electrons. The summed E-state index contributed by atoms with van der Waals surface area (Å²) < 4.78 is 5.20. The van der Waals surface area contributed by atoms with E-state index in [4.69, 9.17) is 4.74 Å². The number of thiazole rings is 1. The number of carbonyl (C=O) groups excluding carboxylic acids is 2. The van der Waals surface area contributed by atoms with Crippen molar-refractivity contribution >= 4 is 39.6 Å². The number of thiophene rings is 1. The van der Waals surface area contributed by atoms with E-state index in [1.165, 1.54) is 22.7 Å². The summed E-state index contributed by atoms with van der Waals surface area (Å²) in [7, 11) is 1.58. The van der Waals surface area contributed by atoms with Gasteiger partial charge in [0, 0.05) is 23.4 Å². The standard InChI is InChI=1S/C19H17N3O3S2/c1-25-13-5-2-4-12(10-13)18(24)22-8-7-14-16(11-22)27-19(20-14)21-17(23)15-6-3-9-26-15/h2-6,9-10H,7-8,11H2,1H3,(H,20,21,23). The van der Waals surface area contributed by atoms with Gasteiger partial charge in [-0.1, -0.05) is 23.5 Å². The molecule has 1 N–H and O–H groups in total. The highest BCUT2D eigenvalue weighted by Gasteiger charge is 2.25. The predicted octanol–water partition coefficient (Wildman–Crippen LogP) is 3.66. The monoisotopic (exact) mass is 399 g/mol. The molecule has 0 fully saturated rings. The molecule has 0 bridgehead atoms. The molecule has 0 spiro atoms. The van der Waals surface area contributed by atoms with Gasteiger partial charge in [-0.05, 0) is 29.6 Å². The Hall–Kier alpha value is -2.71. The van der Waals surface area contributed by atoms with Crippen molar-refractivity contribution in [3.05, 3.63) is 62.8 Å². The van der Waals surface area contributed by atoms with E-state index in [0.29, 0.717) is 40.8 Å². The van der Waals surface area contributed by atoms with E-state index in [0.717, 1.165) is 10.6 Å². The lowest BCUT2D eigenvalue weighted by molar-refractivity contribution is 0.0735. The summed E-state index contributed by atoms with van der Waals surface area (Å²) in [6, 6.07) is 10.8. The van der Waals surface area contributed by atoms with Gasteiger partial charge in [0.05, 0.1) is 24.2 Å². The Morgan fingerprint density at radius 1 is 1.26 bits per heavy atom. The number of hydrogen-bond acceptors (Lipinski definition) is 6. The van der Waals surface area contributed by atoms with Crippen LogP contribution in [0.3, 0.4) is 0 Å². The number of amides is 2. The van der Waals surface area contributed by atoms with E-state index < -0.39 is 0 Å². The molecular weight excluding hydrogens is 382 g/mol. The maximum Gasteiger partial charge on any atom is 0.267 e. The van der Waals surface area contributed by atoms with E-state index in [9.17, 15) is 9.59 Å². The minimum absolute atomic E-state index is 0.0304. The zero-order valence-electron chi connectivity index (χ0n) is 14.6. The lowest BCUT2D eigenvalue weighted by atomic mass is 10.1. The van der Waals surface area contributed by atoms with Crippen molar-refractivity contribution < 1.29 is 14.3 Å². The molecule has 2 aromatic heterocycles. The van der Waals surface area contributed by atoms with Crippen LogP contribution in [0.15, 0.2) is 41.8 Å². The third-order valence-electron chi connectivity index (χ3n) is 4.30. The van der Waals surface area contributed by atoms with Crippen LogP contribution in [0.4, 0.5) is 5.13 Å². The fourth-order valence-corrected chi connectivity index (χ4v) is 4.57. The van der Waals surface area contributed by atoms with Gasteiger partial charge >= 0.3 is 0 Å². The number of nitrogens with one attached hydrogen (secondary N) is 1. The Balaban J connectivity index is 1.47. The molecule has 2 amide bonds. The van der Waals surface area contributed by atoms with Gasteiger partial charge in [-0.3, -0.25) is 14.9 Å². The Kier molecular flexibility index (Phi) is 4.91. The highest BCUT2D eigenvalue weighted by molar-refractivity contribution is 7.16. The second kappa shape index (κ2) is 7.50. The first kappa shape index (κ1) is 17.7. The number of nitrogens with zero attached hydrogens (tertiary/aromatic N) is 2. The van der Waals surface area contributed by atoms with Crippen molar-refractivity contribution in [3.8, 4) is 5.75 Å². The molecule has 6 nitrogen and oxygen atoms in total. The third kappa shape index (κ3) is 3.72. The summed E-state index contributed by atoms with van der Waals surface area (Å²) in [4.78, 5) is 33.0. The van der Waals surface area contributed by atoms with Crippen molar-refractivity contribution in [2.75, 3.05) is 19.0 Å². The van der Waals surface area contributed by atoms with Gasteiger partial charge in [0.2, 0.25) is 0 Å². The summed E-state index contributed by atoms with van der Waals surface area (Å²) >= 11 is 2.82. The minimum atomic E-state index is -0.152. The SMILES string of the molecule is COc1cccc(C(=O)N2CCc3nc(NC(=O)c4cccs4)sc3C2)c1. The van der Waals surface area contributed by atoms with E-state index in [-0.39, 0.29) is 11.8 Å². The molecule has 8 heteroatoms. The van der Waals surface area contributed by atoms with Crippen molar-refractivity contribution in [1.82, 2.24) is 9.88 Å². The number of carbonyl (C=O) groups is 2. The van der Waals surface area contributed by atoms with Crippen LogP contribution in [0.5, 0.6) is 5.75 Å². The molecule has 3 aromatic rings. The fourth-order valence-electron chi connectivity index (χ4n) is 2.93. The number of methoxy groups -OCH3 is 1. The summed E-state index contributed by atoms with van der Waals surface area (Å²) in [5.74, 6) is 0.479. The number of rotatable bonds is 4. The second-order valence-electron chi connectivity index (χ2n) is 6.03. The van der Waals surface area contributed by atoms with Crippen LogP contribution in [0.1, 0.15) is 30.6 Å². The van der Waals surface area contributed by atoms with E-state index >= 15 is 0 Å². The molecule has 0 aliphatic carbocycles. The van der Waals surface area contributed by atoms with Gasteiger partial charge in [0.15, 0.2) is 5.13 Å². The van der Waals surface area contributed by atoms with Crippen molar-refractivity contribution in [1.29, 1.82) is 0 Å². The van der Waals surface area contributed by atoms with Gasteiger partial charge in [0.1, 0.15) is 5.75 Å². The molecule has 0 saturated heterocycles. The molecule has 1 aliphatic rings. The Morgan fingerprint density at radius 3 is 2.93 bits per heavy atom. The predicted molar refractivity (Wildman–Crippen MR) is 106 cm³/mol. The highest BCUT2D eigenvalue weighted by Crippen LogP contribution is 2.30. The van der Waals surface area contributed by atoms with E-state index in [2.05, 4.69) is 10.3 Å². The third-order valence-corrected chi connectivity index (χ3v) is 6.17. The van der Waals surface area contributed by atoms with Crippen LogP contribution in [-0.4, -0.2) is 35.4 Å². The lowest BCUT2D eigenvalue weighted by Gasteiger charge is -2.26. The molecular formula is C19H17N3O3S2. The van der Waals surface area contributed by atoms with Crippen LogP contribution in [-0.2, 0) is 13.0 Å². The topological polar surface area (TPSA) is 71.5 Å². The van der Waals surface area contributed by atoms with Crippen LogP contribution in [0, 0.1) is 0 Å². The number of anilines is 1. The second-order valence-corrected chi connectivity index (χ2v) is 8.06. The molecule has 138 valence electrons. The molecule has 0 atom stereocenters. The number of benzene rings is 1. The fraction of sp³-hybridized carbons (Fsp3) is 0.211. The average molecular weight is 399 g/mol. The van der Waals surface area contributed by atoms with Gasteiger partial charge in [0.25, 0.3) is 11.8 Å². The molecule has 4 rings (SSSR count). The van der Waals surface area contributed by atoms with Gasteiger partial charge in [-0.25, -0.2) is 4.98 Å². The Morgan fingerprint density at radius 2 is 2.15 bits per heavy atom. The van der Waals surface area contributed by atoms with Crippen LogP contribution < -0.4 is 10.1 Å². The van der Waals surface area contributed by atoms with Crippen LogP contribution in [0.2, 0.25) is 0 Å². The summed E-state index contributed by atoms with van der Waals surface area (Å²) in [6.07, 6.45) is 0.677. The van der Waals surface area contributed by atoms with E-state index in [1.807, 2.05) is 23.6 Å². The Labute approximate surface area is 164 Å². The van der Waals surface area contributed by atoms with Crippen molar-refractivity contribution in [3.63, 3.8) is 0 Å². The summed E-state index contributed by atoms with van der Waals surface area (Å²) in [5.41, 5.74) is 1.56. The number of hydrogen-bond donors (Lipinski definition) is 1. The minimum Gasteiger partial charge on any atom is -0.497 e. The summed E-state index contributed by atoms with van der Waals surface area (Å²) in [5, 5.41) is 5.29. The lowest BCUT2D eigenvalue weighted by Crippen LogP contribution is -2.35. The number of ether oxygens (including phenoxy) is 1. The first-order valence-corrected chi connectivity index (χ1v) is 10.1. The molecule has 1 aromatic carbocycles. The largest absolute Gasteiger partial charge is 0.497 e. The first-order valence-electron chi connectivity index (χ1n) is 8.41. The van der Waals surface area contributed by atoms with Crippen LogP contribution in [0.25, 0.3) is 0 Å². The summed E-state index contributed by atoms with van der Waals surface area (Å²) in [6.45, 7) is 1.10. The van der Waals surface area contributed by atoms with E-state index in [1.54, 1.807) is 30.2 Å². The molecule has 1 aliphatic heterocycles. The molecule has 3 heterocycles. The van der Waals surface area contributed by atoms with Crippen molar-refractivity contribution in [2.45, 2.75) is 13.0 Å². The van der Waals surface area contributed by atoms with Crippen molar-refractivity contribution in [2.24, 2.45) is 0 Å².